The van der Waals surface area contributed by atoms with Gasteiger partial charge in [-0.1, -0.05) is 24.6 Å². The Kier molecular flexibility index (Phi) is 10.7. The van der Waals surface area contributed by atoms with Crippen molar-refractivity contribution in [3.8, 4) is 24.0 Å². The zero-order valence-corrected chi connectivity index (χ0v) is 22.4. The Morgan fingerprint density at radius 3 is 2.32 bits per heavy atom. The molecule has 2 unspecified atom stereocenters. The number of anilines is 1. The lowest BCUT2D eigenvalue weighted by atomic mass is 10.0. The quantitative estimate of drug-likeness (QED) is 0.314. The summed E-state index contributed by atoms with van der Waals surface area (Å²) >= 11 is 1.48. The molecule has 0 saturated heterocycles. The first-order valence-electron chi connectivity index (χ1n) is 11.5. The highest BCUT2D eigenvalue weighted by atomic mass is 32.2. The van der Waals surface area contributed by atoms with Gasteiger partial charge in [-0.25, -0.2) is 4.79 Å². The Morgan fingerprint density at radius 2 is 1.78 bits per heavy atom. The molecule has 37 heavy (non-hydrogen) atoms. The summed E-state index contributed by atoms with van der Waals surface area (Å²) in [6, 6.07) is 12.5. The first-order valence-corrected chi connectivity index (χ1v) is 12.9. The van der Waals surface area contributed by atoms with Crippen LogP contribution in [-0.2, 0) is 14.3 Å². The molecule has 0 aliphatic carbocycles. The van der Waals surface area contributed by atoms with Crippen LogP contribution in [-0.4, -0.2) is 58.7 Å². The third-order valence-corrected chi connectivity index (χ3v) is 5.72. The summed E-state index contributed by atoms with van der Waals surface area (Å²) in [5.74, 6) is -0.435. The number of amides is 3. The number of thioether (sulfide) groups is 1. The molecule has 10 heteroatoms. The molecule has 198 valence electrons. The van der Waals surface area contributed by atoms with Gasteiger partial charge in [-0.2, -0.15) is 11.8 Å². The predicted octanol–water partition coefficient (Wildman–Crippen LogP) is 4.15. The van der Waals surface area contributed by atoms with Gasteiger partial charge < -0.3 is 25.2 Å². The zero-order chi connectivity index (χ0) is 27.6. The van der Waals surface area contributed by atoms with Crippen molar-refractivity contribution >= 4 is 35.4 Å². The van der Waals surface area contributed by atoms with Gasteiger partial charge in [-0.3, -0.25) is 14.5 Å². The number of phenolic OH excluding ortho intramolecular Hbond substituents is 1. The van der Waals surface area contributed by atoms with Crippen molar-refractivity contribution in [1.82, 2.24) is 10.2 Å². The number of nitrogens with one attached hydrogen (secondary N) is 2. The number of hydrogen-bond acceptors (Lipinski definition) is 7. The van der Waals surface area contributed by atoms with Gasteiger partial charge in [0.15, 0.2) is 6.04 Å². The SMILES string of the molecule is C#CN(C(=O)C(CCSC)NC(=O)OC(C)(C)C)C(C(=O)Nc1ccc(OC)cc1)c1ccccc1O. The number of methoxy groups -OCH3 is 1. The van der Waals surface area contributed by atoms with Gasteiger partial charge in [-0.15, -0.1) is 0 Å². The highest BCUT2D eigenvalue weighted by Gasteiger charge is 2.37. The number of alkyl carbamates (subject to hydrolysis) is 1. The molecule has 0 fully saturated rings. The van der Waals surface area contributed by atoms with E-state index in [1.807, 2.05) is 6.26 Å². The molecule has 3 N–H and O–H groups in total. The van der Waals surface area contributed by atoms with E-state index in [0.29, 0.717) is 17.2 Å². The van der Waals surface area contributed by atoms with Crippen LogP contribution in [0.2, 0.25) is 0 Å². The Hall–Kier alpha value is -3.84. The molecule has 2 aromatic carbocycles. The molecule has 2 aromatic rings. The standard InChI is InChI=1S/C27H33N3O6S/c1-7-30(25(33)21(16-17-37-6)29-26(34)36-27(2,3)4)23(20-10-8-9-11-22(20)31)24(32)28-18-12-14-19(35-5)15-13-18/h1,8-15,21,23,31H,16-17H2,2-6H3,(H,28,32)(H,29,34). The Balaban J connectivity index is 2.43. The Labute approximate surface area is 221 Å². The van der Waals surface area contributed by atoms with Crippen LogP contribution in [0.3, 0.4) is 0 Å². The van der Waals surface area contributed by atoms with Gasteiger partial charge in [0.2, 0.25) is 0 Å². The number of aromatic hydroxyl groups is 1. The molecule has 0 aromatic heterocycles. The number of hydrogen-bond donors (Lipinski definition) is 3. The summed E-state index contributed by atoms with van der Waals surface area (Å²) in [5.41, 5.74) is -0.221. The molecule has 0 saturated carbocycles. The summed E-state index contributed by atoms with van der Waals surface area (Å²) in [6.07, 6.45) is 7.07. The summed E-state index contributed by atoms with van der Waals surface area (Å²) in [5, 5.41) is 15.9. The molecular formula is C27H33N3O6S. The van der Waals surface area contributed by atoms with Crippen LogP contribution < -0.4 is 15.4 Å². The molecule has 3 amide bonds. The first-order chi connectivity index (χ1) is 17.5. The average Bonchev–Trinajstić information content (AvgIpc) is 2.84. The number of phenols is 1. The van der Waals surface area contributed by atoms with Gasteiger partial charge in [0, 0.05) is 17.3 Å². The summed E-state index contributed by atoms with van der Waals surface area (Å²) in [4.78, 5) is 40.5. The Morgan fingerprint density at radius 1 is 1.14 bits per heavy atom. The van der Waals surface area contributed by atoms with E-state index in [9.17, 15) is 19.5 Å². The van der Waals surface area contributed by atoms with Crippen LogP contribution in [0.4, 0.5) is 10.5 Å². The van der Waals surface area contributed by atoms with E-state index in [-0.39, 0.29) is 17.7 Å². The van der Waals surface area contributed by atoms with E-state index in [1.165, 1.54) is 31.0 Å². The minimum absolute atomic E-state index is 0.126. The molecule has 2 rings (SSSR count). The lowest BCUT2D eigenvalue weighted by Crippen LogP contribution is -2.51. The number of carbonyl (C=O) groups excluding carboxylic acids is 3. The van der Waals surface area contributed by atoms with E-state index in [1.54, 1.807) is 57.2 Å². The van der Waals surface area contributed by atoms with Crippen LogP contribution >= 0.6 is 11.8 Å². The maximum absolute atomic E-state index is 13.7. The van der Waals surface area contributed by atoms with Crippen molar-refractivity contribution in [2.75, 3.05) is 24.4 Å². The molecule has 0 radical (unpaired) electrons. The number of rotatable bonds is 10. The minimum atomic E-state index is -1.39. The van der Waals surface area contributed by atoms with Crippen molar-refractivity contribution in [3.05, 3.63) is 54.1 Å². The van der Waals surface area contributed by atoms with Crippen molar-refractivity contribution in [1.29, 1.82) is 0 Å². The molecular weight excluding hydrogens is 494 g/mol. The van der Waals surface area contributed by atoms with E-state index in [2.05, 4.69) is 16.7 Å². The van der Waals surface area contributed by atoms with Crippen molar-refractivity contribution in [2.45, 2.75) is 44.9 Å². The maximum Gasteiger partial charge on any atom is 0.408 e. The smallest absolute Gasteiger partial charge is 0.408 e. The topological polar surface area (TPSA) is 117 Å². The first kappa shape index (κ1) is 29.4. The van der Waals surface area contributed by atoms with Gasteiger partial charge >= 0.3 is 6.09 Å². The van der Waals surface area contributed by atoms with Crippen LogP contribution in [0, 0.1) is 12.5 Å². The number of nitrogens with zero attached hydrogens (tertiary/aromatic N) is 1. The van der Waals surface area contributed by atoms with Crippen molar-refractivity contribution < 1.29 is 29.0 Å². The van der Waals surface area contributed by atoms with Crippen LogP contribution in [0.5, 0.6) is 11.5 Å². The summed E-state index contributed by atoms with van der Waals surface area (Å²) in [7, 11) is 1.52. The number of carbonyl (C=O) groups is 3. The number of ether oxygens (including phenoxy) is 2. The minimum Gasteiger partial charge on any atom is -0.508 e. The molecule has 0 spiro atoms. The molecule has 0 aliphatic rings. The van der Waals surface area contributed by atoms with E-state index >= 15 is 0 Å². The molecule has 9 nitrogen and oxygen atoms in total. The van der Waals surface area contributed by atoms with Crippen molar-refractivity contribution in [3.63, 3.8) is 0 Å². The third kappa shape index (κ3) is 8.65. The fourth-order valence-electron chi connectivity index (χ4n) is 3.38. The highest BCUT2D eigenvalue weighted by Crippen LogP contribution is 2.31. The zero-order valence-electron chi connectivity index (χ0n) is 21.6. The second-order valence-corrected chi connectivity index (χ2v) is 9.98. The molecule has 0 heterocycles. The largest absolute Gasteiger partial charge is 0.508 e. The number of terminal acetylenes is 1. The van der Waals surface area contributed by atoms with Gasteiger partial charge in [-0.05, 0) is 69.5 Å². The average molecular weight is 528 g/mol. The molecule has 0 aliphatic heterocycles. The Bertz CT molecular complexity index is 1120. The van der Waals surface area contributed by atoms with Crippen molar-refractivity contribution in [2.24, 2.45) is 0 Å². The fourth-order valence-corrected chi connectivity index (χ4v) is 3.85. The molecule has 0 bridgehead atoms. The van der Waals surface area contributed by atoms with E-state index in [0.717, 1.165) is 4.90 Å². The monoisotopic (exact) mass is 527 g/mol. The van der Waals surface area contributed by atoms with Gasteiger partial charge in [0.05, 0.1) is 7.11 Å². The van der Waals surface area contributed by atoms with Crippen LogP contribution in [0.25, 0.3) is 0 Å². The summed E-state index contributed by atoms with van der Waals surface area (Å²) < 4.78 is 10.5. The second kappa shape index (κ2) is 13.5. The number of para-hydroxylation sites is 1. The normalized spacial score (nSPS) is 12.4. The maximum atomic E-state index is 13.7. The molecule has 2 atom stereocenters. The van der Waals surface area contributed by atoms with E-state index < -0.39 is 35.6 Å². The number of benzene rings is 2. The summed E-state index contributed by atoms with van der Waals surface area (Å²) in [6.45, 7) is 5.12. The predicted molar refractivity (Wildman–Crippen MR) is 144 cm³/mol. The fraction of sp³-hybridized carbons (Fsp3) is 0.370. The highest BCUT2D eigenvalue weighted by molar-refractivity contribution is 7.98. The van der Waals surface area contributed by atoms with E-state index in [4.69, 9.17) is 15.9 Å². The lowest BCUT2D eigenvalue weighted by molar-refractivity contribution is -0.136. The van der Waals surface area contributed by atoms with Gasteiger partial charge in [0.1, 0.15) is 23.1 Å². The second-order valence-electron chi connectivity index (χ2n) is 9.00. The van der Waals surface area contributed by atoms with Crippen LogP contribution in [0.1, 0.15) is 38.8 Å². The third-order valence-electron chi connectivity index (χ3n) is 5.07. The lowest BCUT2D eigenvalue weighted by Gasteiger charge is -2.30. The van der Waals surface area contributed by atoms with Crippen LogP contribution in [0.15, 0.2) is 48.5 Å². The van der Waals surface area contributed by atoms with Gasteiger partial charge in [0.25, 0.3) is 11.8 Å².